The number of ether oxygens (including phenoxy) is 1. The summed E-state index contributed by atoms with van der Waals surface area (Å²) in [5.41, 5.74) is 2.92. The minimum absolute atomic E-state index is 0.000521. The van der Waals surface area contributed by atoms with Gasteiger partial charge >= 0.3 is 0 Å². The highest BCUT2D eigenvalue weighted by Gasteiger charge is 2.23. The molecule has 1 aliphatic heterocycles. The summed E-state index contributed by atoms with van der Waals surface area (Å²) in [4.78, 5) is 11.0. The smallest absolute Gasteiger partial charge is 0.114 e. The van der Waals surface area contributed by atoms with Gasteiger partial charge in [-0.2, -0.15) is 5.10 Å². The average molecular weight is 273 g/mol. The normalized spacial score (nSPS) is 20.2. The van der Waals surface area contributed by atoms with Crippen LogP contribution in [0.4, 0.5) is 0 Å². The van der Waals surface area contributed by atoms with Crippen LogP contribution in [0.3, 0.4) is 0 Å². The van der Waals surface area contributed by atoms with Gasteiger partial charge in [0.15, 0.2) is 0 Å². The predicted octanol–water partition coefficient (Wildman–Crippen LogP) is 1.09. The Morgan fingerprint density at radius 1 is 1.35 bits per heavy atom. The number of aromatic nitrogens is 4. The Morgan fingerprint density at radius 2 is 2.25 bits per heavy atom. The van der Waals surface area contributed by atoms with E-state index >= 15 is 0 Å². The molecule has 0 aromatic carbocycles. The minimum Gasteiger partial charge on any atom is -0.369 e. The van der Waals surface area contributed by atoms with E-state index in [2.05, 4.69) is 26.0 Å². The minimum atomic E-state index is 0.000521. The second kappa shape index (κ2) is 5.68. The topological polar surface area (TPSA) is 56.1 Å². The van der Waals surface area contributed by atoms with E-state index in [1.54, 1.807) is 6.20 Å². The first-order valence-electron chi connectivity index (χ1n) is 6.82. The highest BCUT2D eigenvalue weighted by atomic mass is 16.5. The van der Waals surface area contributed by atoms with Crippen LogP contribution < -0.4 is 0 Å². The molecule has 0 saturated carbocycles. The maximum atomic E-state index is 5.81. The molecule has 0 spiro atoms. The van der Waals surface area contributed by atoms with Crippen LogP contribution in [0.15, 0.2) is 24.7 Å². The van der Waals surface area contributed by atoms with Crippen molar-refractivity contribution < 1.29 is 4.74 Å². The summed E-state index contributed by atoms with van der Waals surface area (Å²) in [6.07, 6.45) is 5.57. The first kappa shape index (κ1) is 13.2. The number of nitrogens with zero attached hydrogens (tertiary/aromatic N) is 5. The number of morpholine rings is 1. The molecule has 1 fully saturated rings. The largest absolute Gasteiger partial charge is 0.369 e. The van der Waals surface area contributed by atoms with Gasteiger partial charge in [0, 0.05) is 39.1 Å². The van der Waals surface area contributed by atoms with Gasteiger partial charge in [0.25, 0.3) is 0 Å². The Hall–Kier alpha value is -1.79. The number of aryl methyl sites for hydroxylation is 2. The van der Waals surface area contributed by atoms with E-state index in [0.29, 0.717) is 6.61 Å². The summed E-state index contributed by atoms with van der Waals surface area (Å²) in [5, 5.41) is 4.42. The standard InChI is InChI=1S/C14H19N5O/c1-11-7-16-13(8-15-11)14-10-19(5-6-20-14)9-12-3-4-18(2)17-12/h3-4,7-8,14H,5-6,9-10H2,1-2H3. The monoisotopic (exact) mass is 273 g/mol. The van der Waals surface area contributed by atoms with E-state index < -0.39 is 0 Å². The highest BCUT2D eigenvalue weighted by molar-refractivity contribution is 5.06. The third-order valence-corrected chi connectivity index (χ3v) is 3.44. The Bertz CT molecular complexity index is 565. The van der Waals surface area contributed by atoms with Crippen molar-refractivity contribution in [3.05, 3.63) is 41.7 Å². The zero-order chi connectivity index (χ0) is 13.9. The summed E-state index contributed by atoms with van der Waals surface area (Å²) in [6.45, 7) is 5.25. The van der Waals surface area contributed by atoms with Crippen LogP contribution in [-0.2, 0) is 18.3 Å². The van der Waals surface area contributed by atoms with E-state index in [9.17, 15) is 0 Å². The lowest BCUT2D eigenvalue weighted by atomic mass is 10.2. The fourth-order valence-electron chi connectivity index (χ4n) is 2.37. The number of hydrogen-bond donors (Lipinski definition) is 0. The molecule has 6 heteroatoms. The molecule has 6 nitrogen and oxygen atoms in total. The SMILES string of the molecule is Cc1cnc(C2CN(Cc3ccn(C)n3)CCO2)cn1. The fourth-order valence-corrected chi connectivity index (χ4v) is 2.37. The van der Waals surface area contributed by atoms with Crippen LogP contribution in [0.25, 0.3) is 0 Å². The van der Waals surface area contributed by atoms with E-state index in [1.807, 2.05) is 31.0 Å². The van der Waals surface area contributed by atoms with E-state index in [4.69, 9.17) is 4.74 Å². The van der Waals surface area contributed by atoms with Crippen molar-refractivity contribution in [3.63, 3.8) is 0 Å². The van der Waals surface area contributed by atoms with Gasteiger partial charge in [-0.25, -0.2) is 0 Å². The van der Waals surface area contributed by atoms with Crippen LogP contribution in [0.1, 0.15) is 23.2 Å². The maximum absolute atomic E-state index is 5.81. The molecule has 1 aliphatic rings. The molecule has 3 heterocycles. The summed E-state index contributed by atoms with van der Waals surface area (Å²) < 4.78 is 7.64. The highest BCUT2D eigenvalue weighted by Crippen LogP contribution is 2.20. The Labute approximate surface area is 118 Å². The lowest BCUT2D eigenvalue weighted by Crippen LogP contribution is -2.38. The van der Waals surface area contributed by atoms with Gasteiger partial charge in [0.2, 0.25) is 0 Å². The lowest BCUT2D eigenvalue weighted by Gasteiger charge is -2.31. The molecule has 0 radical (unpaired) electrons. The Kier molecular flexibility index (Phi) is 3.75. The number of hydrogen-bond acceptors (Lipinski definition) is 5. The summed E-state index contributed by atoms with van der Waals surface area (Å²) in [7, 11) is 1.94. The quantitative estimate of drug-likeness (QED) is 0.838. The molecule has 2 aromatic heterocycles. The molecule has 20 heavy (non-hydrogen) atoms. The Morgan fingerprint density at radius 3 is 2.95 bits per heavy atom. The Balaban J connectivity index is 1.65. The van der Waals surface area contributed by atoms with Crippen molar-refractivity contribution in [1.29, 1.82) is 0 Å². The zero-order valence-electron chi connectivity index (χ0n) is 11.9. The van der Waals surface area contributed by atoms with Gasteiger partial charge in [-0.15, -0.1) is 0 Å². The molecule has 0 aliphatic carbocycles. The van der Waals surface area contributed by atoms with Gasteiger partial charge in [-0.1, -0.05) is 0 Å². The molecule has 3 rings (SSSR count). The molecular weight excluding hydrogens is 254 g/mol. The molecule has 1 unspecified atom stereocenters. The molecular formula is C14H19N5O. The van der Waals surface area contributed by atoms with Crippen LogP contribution in [0.2, 0.25) is 0 Å². The number of rotatable bonds is 3. The van der Waals surface area contributed by atoms with Crippen LogP contribution in [0, 0.1) is 6.92 Å². The van der Waals surface area contributed by atoms with Gasteiger partial charge < -0.3 is 4.74 Å². The first-order chi connectivity index (χ1) is 9.70. The molecule has 1 atom stereocenters. The summed E-state index contributed by atoms with van der Waals surface area (Å²) >= 11 is 0. The van der Waals surface area contributed by atoms with Crippen molar-refractivity contribution in [2.24, 2.45) is 7.05 Å². The van der Waals surface area contributed by atoms with Gasteiger partial charge in [-0.3, -0.25) is 19.5 Å². The molecule has 0 amide bonds. The second-order valence-electron chi connectivity index (χ2n) is 5.16. The molecule has 2 aromatic rings. The average Bonchev–Trinajstić information content (AvgIpc) is 2.85. The van der Waals surface area contributed by atoms with Crippen molar-refractivity contribution in [2.45, 2.75) is 19.6 Å². The third-order valence-electron chi connectivity index (χ3n) is 3.44. The van der Waals surface area contributed by atoms with Gasteiger partial charge in [-0.05, 0) is 13.0 Å². The van der Waals surface area contributed by atoms with Crippen LogP contribution in [-0.4, -0.2) is 44.3 Å². The van der Waals surface area contributed by atoms with Gasteiger partial charge in [0.1, 0.15) is 6.10 Å². The molecule has 1 saturated heterocycles. The zero-order valence-corrected chi connectivity index (χ0v) is 11.9. The molecule has 0 bridgehead atoms. The van der Waals surface area contributed by atoms with Crippen molar-refractivity contribution >= 4 is 0 Å². The maximum Gasteiger partial charge on any atom is 0.114 e. The van der Waals surface area contributed by atoms with Crippen LogP contribution in [0.5, 0.6) is 0 Å². The summed E-state index contributed by atoms with van der Waals surface area (Å²) in [5.74, 6) is 0. The fraction of sp³-hybridized carbons (Fsp3) is 0.500. The van der Waals surface area contributed by atoms with E-state index in [-0.39, 0.29) is 6.10 Å². The van der Waals surface area contributed by atoms with Crippen LogP contribution >= 0.6 is 0 Å². The first-order valence-corrected chi connectivity index (χ1v) is 6.82. The summed E-state index contributed by atoms with van der Waals surface area (Å²) in [6, 6.07) is 2.05. The van der Waals surface area contributed by atoms with Gasteiger partial charge in [0.05, 0.1) is 29.9 Å². The molecule has 0 N–H and O–H groups in total. The van der Waals surface area contributed by atoms with E-state index in [1.165, 1.54) is 0 Å². The third kappa shape index (κ3) is 3.02. The second-order valence-corrected chi connectivity index (χ2v) is 5.16. The van der Waals surface area contributed by atoms with Crippen molar-refractivity contribution in [2.75, 3.05) is 19.7 Å². The predicted molar refractivity (Wildman–Crippen MR) is 73.9 cm³/mol. The van der Waals surface area contributed by atoms with Crippen molar-refractivity contribution in [1.82, 2.24) is 24.6 Å². The van der Waals surface area contributed by atoms with Crippen molar-refractivity contribution in [3.8, 4) is 0 Å². The lowest BCUT2D eigenvalue weighted by molar-refractivity contribution is -0.0355. The van der Waals surface area contributed by atoms with E-state index in [0.717, 1.165) is 36.7 Å². The molecule has 106 valence electrons.